The van der Waals surface area contributed by atoms with Crippen LogP contribution in [-0.4, -0.2) is 30.4 Å². The number of hydrogen-bond acceptors (Lipinski definition) is 3. The van der Waals surface area contributed by atoms with E-state index in [1.807, 2.05) is 0 Å². The van der Waals surface area contributed by atoms with Gasteiger partial charge < -0.3 is 9.64 Å². The topological polar surface area (TPSA) is 46.6 Å². The number of hydrogen-bond donors (Lipinski definition) is 0. The summed E-state index contributed by atoms with van der Waals surface area (Å²) in [5.74, 6) is -2.33. The highest BCUT2D eigenvalue weighted by Crippen LogP contribution is 2.20. The highest BCUT2D eigenvalue weighted by molar-refractivity contribution is 6.32. The molecule has 0 aliphatic carbocycles. The lowest BCUT2D eigenvalue weighted by Crippen LogP contribution is -2.30. The molecule has 7 heteroatoms. The van der Waals surface area contributed by atoms with E-state index in [-0.39, 0.29) is 17.1 Å². The second kappa shape index (κ2) is 9.10. The molecule has 2 aromatic rings. The van der Waals surface area contributed by atoms with E-state index in [0.29, 0.717) is 5.56 Å². The number of ether oxygens (including phenoxy) is 1. The molecule has 0 saturated heterocycles. The van der Waals surface area contributed by atoms with E-state index in [1.165, 1.54) is 42.3 Å². The Hall–Kier alpha value is -2.73. The Labute approximate surface area is 154 Å². The molecule has 0 atom stereocenters. The number of benzene rings is 2. The second-order valence-corrected chi connectivity index (χ2v) is 5.82. The Bertz CT molecular complexity index is 819. The minimum Gasteiger partial charge on any atom is -0.452 e. The molecule has 2 rings (SSSR count). The Morgan fingerprint density at radius 1 is 1.12 bits per heavy atom. The van der Waals surface area contributed by atoms with Crippen LogP contribution in [0.1, 0.15) is 11.1 Å². The van der Waals surface area contributed by atoms with Crippen molar-refractivity contribution in [2.24, 2.45) is 0 Å². The summed E-state index contributed by atoms with van der Waals surface area (Å²) in [7, 11) is 1.47. The zero-order valence-corrected chi connectivity index (χ0v) is 14.7. The monoisotopic (exact) mass is 379 g/mol. The second-order valence-electron chi connectivity index (χ2n) is 5.42. The molecule has 0 radical (unpaired) electrons. The first kappa shape index (κ1) is 19.6. The minimum atomic E-state index is -0.822. The minimum absolute atomic E-state index is 0.0454. The number of esters is 1. The molecule has 2 aromatic carbocycles. The molecule has 0 unspecified atom stereocenters. The highest BCUT2D eigenvalue weighted by Gasteiger charge is 2.13. The number of nitrogens with zero attached hydrogens (tertiary/aromatic N) is 1. The van der Waals surface area contributed by atoms with Crippen molar-refractivity contribution < 1.29 is 23.1 Å². The average Bonchev–Trinajstić information content (AvgIpc) is 2.61. The fourth-order valence-electron chi connectivity index (χ4n) is 2.08. The molecule has 1 amide bonds. The molecule has 0 saturated carbocycles. The molecular formula is C19H16ClF2NO3. The number of likely N-dealkylation sites (N-methyl/N-ethyl adjacent to an activating group) is 1. The van der Waals surface area contributed by atoms with Crippen LogP contribution in [0.2, 0.25) is 5.02 Å². The number of carbonyl (C=O) groups is 2. The maximum absolute atomic E-state index is 13.6. The lowest BCUT2D eigenvalue weighted by atomic mass is 10.2. The maximum atomic E-state index is 13.6. The van der Waals surface area contributed by atoms with Gasteiger partial charge in [0, 0.05) is 30.8 Å². The number of carbonyl (C=O) groups excluding carboxylic acids is 2. The summed E-state index contributed by atoms with van der Waals surface area (Å²) >= 11 is 5.84. The molecule has 0 heterocycles. The van der Waals surface area contributed by atoms with Crippen molar-refractivity contribution in [1.82, 2.24) is 4.90 Å². The summed E-state index contributed by atoms with van der Waals surface area (Å²) in [6.45, 7) is -0.469. The van der Waals surface area contributed by atoms with Crippen molar-refractivity contribution in [3.8, 4) is 0 Å². The Kier molecular flexibility index (Phi) is 6.86. The quantitative estimate of drug-likeness (QED) is 0.566. The van der Waals surface area contributed by atoms with Gasteiger partial charge in [0.05, 0.1) is 5.02 Å². The molecular weight excluding hydrogens is 364 g/mol. The predicted molar refractivity (Wildman–Crippen MR) is 94.3 cm³/mol. The largest absolute Gasteiger partial charge is 0.452 e. The zero-order chi connectivity index (χ0) is 19.1. The molecule has 0 aliphatic rings. The van der Waals surface area contributed by atoms with Crippen molar-refractivity contribution in [2.75, 3.05) is 13.7 Å². The fraction of sp³-hybridized carbons (Fsp3) is 0.158. The third kappa shape index (κ3) is 5.39. The first-order valence-electron chi connectivity index (χ1n) is 7.64. The third-order valence-electron chi connectivity index (χ3n) is 3.51. The van der Waals surface area contributed by atoms with Crippen molar-refractivity contribution in [3.05, 3.63) is 76.3 Å². The van der Waals surface area contributed by atoms with Crippen molar-refractivity contribution in [3.63, 3.8) is 0 Å². The molecule has 0 fully saturated rings. The van der Waals surface area contributed by atoms with E-state index in [9.17, 15) is 18.4 Å². The lowest BCUT2D eigenvalue weighted by Gasteiger charge is -2.17. The van der Waals surface area contributed by atoms with Crippen LogP contribution < -0.4 is 0 Å². The Morgan fingerprint density at radius 3 is 2.50 bits per heavy atom. The van der Waals surface area contributed by atoms with Gasteiger partial charge in [-0.15, -0.1) is 0 Å². The molecule has 136 valence electrons. The summed E-state index contributed by atoms with van der Waals surface area (Å²) in [5.41, 5.74) is 0.401. The van der Waals surface area contributed by atoms with Gasteiger partial charge in [-0.25, -0.2) is 13.6 Å². The zero-order valence-electron chi connectivity index (χ0n) is 13.9. The molecule has 0 aromatic heterocycles. The molecule has 4 nitrogen and oxygen atoms in total. The van der Waals surface area contributed by atoms with Crippen LogP contribution in [0.25, 0.3) is 6.08 Å². The van der Waals surface area contributed by atoms with E-state index >= 15 is 0 Å². The van der Waals surface area contributed by atoms with Crippen LogP contribution in [0, 0.1) is 11.6 Å². The predicted octanol–water partition coefficient (Wildman–Crippen LogP) is 3.83. The van der Waals surface area contributed by atoms with Crippen LogP contribution >= 0.6 is 11.6 Å². The van der Waals surface area contributed by atoms with Crippen molar-refractivity contribution in [1.29, 1.82) is 0 Å². The maximum Gasteiger partial charge on any atom is 0.331 e. The summed E-state index contributed by atoms with van der Waals surface area (Å²) in [6.07, 6.45) is 2.15. The van der Waals surface area contributed by atoms with Gasteiger partial charge in [-0.2, -0.15) is 0 Å². The SMILES string of the molecule is CN(Cc1ccccc1F)C(=O)COC(=O)/C=C/c1c(F)cccc1Cl. The first-order valence-corrected chi connectivity index (χ1v) is 8.02. The molecule has 0 bridgehead atoms. The summed E-state index contributed by atoms with van der Waals surface area (Å²) < 4.78 is 32.0. The van der Waals surface area contributed by atoms with Crippen LogP contribution in [-0.2, 0) is 20.9 Å². The Balaban J connectivity index is 1.87. The van der Waals surface area contributed by atoms with E-state index in [0.717, 1.165) is 6.08 Å². The van der Waals surface area contributed by atoms with Crippen molar-refractivity contribution >= 4 is 29.6 Å². The average molecular weight is 380 g/mol. The van der Waals surface area contributed by atoms with Gasteiger partial charge >= 0.3 is 5.97 Å². The molecule has 26 heavy (non-hydrogen) atoms. The van der Waals surface area contributed by atoms with Crippen LogP contribution in [0.4, 0.5) is 8.78 Å². The lowest BCUT2D eigenvalue weighted by molar-refractivity contribution is -0.147. The van der Waals surface area contributed by atoms with Gasteiger partial charge in [-0.1, -0.05) is 35.9 Å². The normalized spacial score (nSPS) is 10.8. The van der Waals surface area contributed by atoms with Crippen molar-refractivity contribution in [2.45, 2.75) is 6.54 Å². The van der Waals surface area contributed by atoms with Gasteiger partial charge in [-0.3, -0.25) is 4.79 Å². The van der Waals surface area contributed by atoms with E-state index in [4.69, 9.17) is 16.3 Å². The van der Waals surface area contributed by atoms with Gasteiger partial charge in [-0.05, 0) is 24.3 Å². The summed E-state index contributed by atoms with van der Waals surface area (Å²) in [5, 5.41) is 0.148. The molecule has 0 spiro atoms. The van der Waals surface area contributed by atoms with Gasteiger partial charge in [0.2, 0.25) is 0 Å². The highest BCUT2D eigenvalue weighted by atomic mass is 35.5. The molecule has 0 aliphatic heterocycles. The van der Waals surface area contributed by atoms with Crippen LogP contribution in [0.5, 0.6) is 0 Å². The number of halogens is 3. The third-order valence-corrected chi connectivity index (χ3v) is 3.84. The van der Waals surface area contributed by atoms with Crippen LogP contribution in [0.15, 0.2) is 48.5 Å². The number of amides is 1. The van der Waals surface area contributed by atoms with E-state index < -0.39 is 30.1 Å². The van der Waals surface area contributed by atoms with Gasteiger partial charge in [0.15, 0.2) is 6.61 Å². The fourth-order valence-corrected chi connectivity index (χ4v) is 2.31. The van der Waals surface area contributed by atoms with Crippen LogP contribution in [0.3, 0.4) is 0 Å². The van der Waals surface area contributed by atoms with E-state index in [2.05, 4.69) is 0 Å². The van der Waals surface area contributed by atoms with Gasteiger partial charge in [0.25, 0.3) is 5.91 Å². The summed E-state index contributed by atoms with van der Waals surface area (Å²) in [6, 6.07) is 10.2. The first-order chi connectivity index (χ1) is 12.4. The molecule has 0 N–H and O–H groups in total. The standard InChI is InChI=1S/C19H16ClF2NO3/c1-23(11-13-5-2-3-7-16(13)21)18(24)12-26-19(25)10-9-14-15(20)6-4-8-17(14)22/h2-10H,11-12H2,1H3/b10-9+. The van der Waals surface area contributed by atoms with Gasteiger partial charge in [0.1, 0.15) is 11.6 Å². The number of rotatable bonds is 6. The Morgan fingerprint density at radius 2 is 1.81 bits per heavy atom. The summed E-state index contributed by atoms with van der Waals surface area (Å²) in [4.78, 5) is 24.9. The van der Waals surface area contributed by atoms with E-state index in [1.54, 1.807) is 18.2 Å². The smallest absolute Gasteiger partial charge is 0.331 e.